The van der Waals surface area contributed by atoms with Gasteiger partial charge in [-0.2, -0.15) is 0 Å². The third-order valence-electron chi connectivity index (χ3n) is 3.61. The average molecular weight is 312 g/mol. The van der Waals surface area contributed by atoms with Crippen molar-refractivity contribution in [1.29, 1.82) is 0 Å². The highest BCUT2D eigenvalue weighted by atomic mass is 35.5. The molecule has 1 aliphatic heterocycles. The number of carbonyl (C=O) groups excluding carboxylic acids is 1. The Morgan fingerprint density at radius 1 is 1.11 bits per heavy atom. The Morgan fingerprint density at radius 2 is 1.79 bits per heavy atom. The predicted molar refractivity (Wildman–Crippen MR) is 83.4 cm³/mol. The van der Waals surface area contributed by atoms with Crippen LogP contribution in [0.4, 0.5) is 0 Å². The molecule has 0 aromatic heterocycles. The molecule has 0 unspecified atom stereocenters. The number of hydrogen-bond donors (Lipinski definition) is 2. The summed E-state index contributed by atoms with van der Waals surface area (Å²) >= 11 is 0. The van der Waals surface area contributed by atoms with E-state index in [-0.39, 0.29) is 30.7 Å². The Kier molecular flexibility index (Phi) is 10.7. The van der Waals surface area contributed by atoms with Crippen LogP contribution in [0.5, 0.6) is 0 Å². The van der Waals surface area contributed by atoms with E-state index in [0.29, 0.717) is 6.54 Å². The van der Waals surface area contributed by atoms with Crippen molar-refractivity contribution in [2.24, 2.45) is 5.92 Å². The maximum absolute atomic E-state index is 11.5. The number of amides is 1. The van der Waals surface area contributed by atoms with Crippen LogP contribution in [-0.2, 0) is 4.79 Å². The molecule has 2 rings (SSSR count). The van der Waals surface area contributed by atoms with Crippen molar-refractivity contribution in [2.45, 2.75) is 32.1 Å². The van der Waals surface area contributed by atoms with E-state index in [2.05, 4.69) is 15.5 Å². The van der Waals surface area contributed by atoms with E-state index in [1.807, 2.05) is 0 Å². The second kappa shape index (κ2) is 10.7. The highest BCUT2D eigenvalue weighted by Gasteiger charge is 2.20. The summed E-state index contributed by atoms with van der Waals surface area (Å²) in [5, 5.41) is 6.19. The van der Waals surface area contributed by atoms with E-state index in [9.17, 15) is 4.79 Å². The first-order chi connectivity index (χ1) is 8.34. The summed E-state index contributed by atoms with van der Waals surface area (Å²) in [4.78, 5) is 13.9. The second-order valence-corrected chi connectivity index (χ2v) is 5.33. The third kappa shape index (κ3) is 8.69. The molecule has 19 heavy (non-hydrogen) atoms. The molecule has 2 N–H and O–H groups in total. The van der Waals surface area contributed by atoms with Crippen LogP contribution < -0.4 is 10.6 Å². The molecule has 0 bridgehead atoms. The number of carbonyl (C=O) groups is 1. The van der Waals surface area contributed by atoms with Crippen LogP contribution in [0.1, 0.15) is 32.1 Å². The molecule has 0 radical (unpaired) electrons. The highest BCUT2D eigenvalue weighted by Crippen LogP contribution is 2.27. The van der Waals surface area contributed by atoms with Gasteiger partial charge < -0.3 is 15.5 Å². The molecule has 1 aliphatic carbocycles. The zero-order valence-corrected chi connectivity index (χ0v) is 13.2. The fraction of sp³-hybridized carbons (Fsp3) is 0.923. The summed E-state index contributed by atoms with van der Waals surface area (Å²) in [6, 6.07) is 0. The lowest BCUT2D eigenvalue weighted by atomic mass is 10.1. The normalized spacial score (nSPS) is 19.2. The lowest BCUT2D eigenvalue weighted by Crippen LogP contribution is -2.40. The minimum absolute atomic E-state index is 0. The van der Waals surface area contributed by atoms with Crippen molar-refractivity contribution < 1.29 is 4.79 Å². The van der Waals surface area contributed by atoms with Gasteiger partial charge in [-0.15, -0.1) is 24.8 Å². The van der Waals surface area contributed by atoms with Crippen molar-refractivity contribution in [3.63, 3.8) is 0 Å². The number of hydrogen-bond acceptors (Lipinski definition) is 3. The molecule has 4 nitrogen and oxygen atoms in total. The highest BCUT2D eigenvalue weighted by molar-refractivity contribution is 5.85. The van der Waals surface area contributed by atoms with Gasteiger partial charge >= 0.3 is 0 Å². The molecule has 2 aliphatic rings. The molecule has 1 saturated carbocycles. The van der Waals surface area contributed by atoms with E-state index < -0.39 is 0 Å². The monoisotopic (exact) mass is 311 g/mol. The zero-order chi connectivity index (χ0) is 11.9. The van der Waals surface area contributed by atoms with Gasteiger partial charge in [-0.05, 0) is 51.2 Å². The van der Waals surface area contributed by atoms with Crippen LogP contribution in [0.3, 0.4) is 0 Å². The van der Waals surface area contributed by atoms with Crippen molar-refractivity contribution in [3.05, 3.63) is 0 Å². The van der Waals surface area contributed by atoms with Gasteiger partial charge in [0.05, 0.1) is 6.54 Å². The standard InChI is InChI=1S/C13H25N3O.2ClH/c17-13(11-14-10-12-4-5-12)15-6-9-16-7-2-1-3-8-16;;/h12,14H,1-11H2,(H,15,17);2*1H. The predicted octanol–water partition coefficient (Wildman–Crippen LogP) is 1.43. The van der Waals surface area contributed by atoms with E-state index in [0.717, 1.165) is 25.6 Å². The first-order valence-corrected chi connectivity index (χ1v) is 7.04. The third-order valence-corrected chi connectivity index (χ3v) is 3.61. The maximum atomic E-state index is 11.5. The Balaban J connectivity index is 0.00000162. The summed E-state index contributed by atoms with van der Waals surface area (Å²) in [7, 11) is 0. The van der Waals surface area contributed by atoms with Gasteiger partial charge in [0.1, 0.15) is 0 Å². The molecule has 6 heteroatoms. The van der Waals surface area contributed by atoms with Crippen LogP contribution in [0.25, 0.3) is 0 Å². The summed E-state index contributed by atoms with van der Waals surface area (Å²) in [5.41, 5.74) is 0. The number of nitrogens with zero attached hydrogens (tertiary/aromatic N) is 1. The fourth-order valence-electron chi connectivity index (χ4n) is 2.31. The Hall–Kier alpha value is -0.0300. The molecule has 0 spiro atoms. The quantitative estimate of drug-likeness (QED) is 0.747. The van der Waals surface area contributed by atoms with Crippen LogP contribution in [0.2, 0.25) is 0 Å². The molecular formula is C13H27Cl2N3O. The minimum atomic E-state index is 0. The number of rotatable bonds is 7. The van der Waals surface area contributed by atoms with E-state index in [1.165, 1.54) is 45.2 Å². The van der Waals surface area contributed by atoms with E-state index >= 15 is 0 Å². The summed E-state index contributed by atoms with van der Waals surface area (Å²) in [6.07, 6.45) is 6.68. The van der Waals surface area contributed by atoms with Crippen LogP contribution in [0.15, 0.2) is 0 Å². The minimum Gasteiger partial charge on any atom is -0.354 e. The first kappa shape index (κ1) is 19.0. The molecule has 1 heterocycles. The van der Waals surface area contributed by atoms with Gasteiger partial charge in [-0.3, -0.25) is 4.79 Å². The SMILES string of the molecule is Cl.Cl.O=C(CNCC1CC1)NCCN1CCCCC1. The smallest absolute Gasteiger partial charge is 0.234 e. The van der Waals surface area contributed by atoms with Crippen LogP contribution >= 0.6 is 24.8 Å². The van der Waals surface area contributed by atoms with Gasteiger partial charge in [0.15, 0.2) is 0 Å². The molecule has 0 atom stereocenters. The zero-order valence-electron chi connectivity index (χ0n) is 11.5. The molecule has 114 valence electrons. The van der Waals surface area contributed by atoms with E-state index in [1.54, 1.807) is 0 Å². The van der Waals surface area contributed by atoms with Gasteiger partial charge in [0, 0.05) is 13.1 Å². The molecule has 0 aromatic carbocycles. The Labute approximate surface area is 128 Å². The topological polar surface area (TPSA) is 44.4 Å². The summed E-state index contributed by atoms with van der Waals surface area (Å²) in [6.45, 7) is 5.71. The van der Waals surface area contributed by atoms with Gasteiger partial charge in [0.2, 0.25) is 5.91 Å². The lowest BCUT2D eigenvalue weighted by Gasteiger charge is -2.26. The fourth-order valence-corrected chi connectivity index (χ4v) is 2.31. The van der Waals surface area contributed by atoms with Crippen LogP contribution in [0, 0.1) is 5.92 Å². The maximum Gasteiger partial charge on any atom is 0.234 e. The second-order valence-electron chi connectivity index (χ2n) is 5.33. The van der Waals surface area contributed by atoms with E-state index in [4.69, 9.17) is 0 Å². The van der Waals surface area contributed by atoms with Gasteiger partial charge in [-0.1, -0.05) is 6.42 Å². The van der Waals surface area contributed by atoms with Gasteiger partial charge in [-0.25, -0.2) is 0 Å². The van der Waals surface area contributed by atoms with Crippen molar-refractivity contribution in [3.8, 4) is 0 Å². The number of piperidine rings is 1. The largest absolute Gasteiger partial charge is 0.354 e. The molecule has 1 amide bonds. The molecule has 1 saturated heterocycles. The Bertz CT molecular complexity index is 244. The van der Waals surface area contributed by atoms with Crippen molar-refractivity contribution in [1.82, 2.24) is 15.5 Å². The lowest BCUT2D eigenvalue weighted by molar-refractivity contribution is -0.120. The number of halogens is 2. The summed E-state index contributed by atoms with van der Waals surface area (Å²) in [5.74, 6) is 0.985. The molecule has 0 aromatic rings. The van der Waals surface area contributed by atoms with Gasteiger partial charge in [0.25, 0.3) is 0 Å². The van der Waals surface area contributed by atoms with Crippen molar-refractivity contribution >= 4 is 30.7 Å². The van der Waals surface area contributed by atoms with Crippen LogP contribution in [-0.4, -0.2) is 50.1 Å². The molecular weight excluding hydrogens is 285 g/mol. The Morgan fingerprint density at radius 3 is 2.42 bits per heavy atom. The summed E-state index contributed by atoms with van der Waals surface area (Å²) < 4.78 is 0. The average Bonchev–Trinajstić information content (AvgIpc) is 3.14. The first-order valence-electron chi connectivity index (χ1n) is 7.04. The molecule has 2 fully saturated rings. The number of nitrogens with one attached hydrogen (secondary N) is 2. The number of likely N-dealkylation sites (tertiary alicyclic amines) is 1. The van der Waals surface area contributed by atoms with Crippen molar-refractivity contribution in [2.75, 3.05) is 39.3 Å².